The molecule has 0 atom stereocenters. The van der Waals surface area contributed by atoms with Crippen LogP contribution < -0.4 is 5.73 Å². The van der Waals surface area contributed by atoms with E-state index in [4.69, 9.17) is 11.0 Å². The molecule has 0 saturated carbocycles. The van der Waals surface area contributed by atoms with E-state index in [1.807, 2.05) is 0 Å². The molecule has 16 heavy (non-hydrogen) atoms. The molecule has 0 radical (unpaired) electrons. The Morgan fingerprint density at radius 1 is 1.31 bits per heavy atom. The van der Waals surface area contributed by atoms with Gasteiger partial charge in [-0.3, -0.25) is 0 Å². The standard InChI is InChI=1S/C11H7FN4/c12-9-5-7(1-2-8(9)6-13)10-3-4-15-11(14)16-10/h1-5H,(H2,14,15,16). The topological polar surface area (TPSA) is 75.6 Å². The first-order chi connectivity index (χ1) is 7.70. The molecule has 0 unspecified atom stereocenters. The van der Waals surface area contributed by atoms with Gasteiger partial charge in [0.25, 0.3) is 0 Å². The van der Waals surface area contributed by atoms with E-state index in [0.717, 1.165) is 0 Å². The number of nitriles is 1. The number of halogens is 1. The predicted octanol–water partition coefficient (Wildman–Crippen LogP) is 1.74. The highest BCUT2D eigenvalue weighted by Crippen LogP contribution is 2.19. The molecular weight excluding hydrogens is 207 g/mol. The number of nitrogens with zero attached hydrogens (tertiary/aromatic N) is 3. The van der Waals surface area contributed by atoms with Crippen molar-refractivity contribution >= 4 is 5.95 Å². The number of nitrogen functional groups attached to an aromatic ring is 1. The average molecular weight is 214 g/mol. The van der Waals surface area contributed by atoms with Crippen molar-refractivity contribution in [2.24, 2.45) is 0 Å². The van der Waals surface area contributed by atoms with Crippen molar-refractivity contribution < 1.29 is 4.39 Å². The highest BCUT2D eigenvalue weighted by Gasteiger charge is 2.05. The first-order valence-corrected chi connectivity index (χ1v) is 4.49. The molecule has 0 fully saturated rings. The first kappa shape index (κ1) is 10.1. The summed E-state index contributed by atoms with van der Waals surface area (Å²) < 4.78 is 13.3. The fraction of sp³-hybridized carbons (Fsp3) is 0. The van der Waals surface area contributed by atoms with Gasteiger partial charge in [-0.05, 0) is 18.2 Å². The molecule has 0 bridgehead atoms. The van der Waals surface area contributed by atoms with Crippen molar-refractivity contribution in [2.45, 2.75) is 0 Å². The third-order valence-electron chi connectivity index (χ3n) is 2.06. The van der Waals surface area contributed by atoms with Gasteiger partial charge in [0.15, 0.2) is 0 Å². The molecule has 4 nitrogen and oxygen atoms in total. The fourth-order valence-electron chi connectivity index (χ4n) is 1.30. The fourth-order valence-corrected chi connectivity index (χ4v) is 1.30. The van der Waals surface area contributed by atoms with E-state index in [-0.39, 0.29) is 11.5 Å². The Morgan fingerprint density at radius 3 is 2.75 bits per heavy atom. The number of hydrogen-bond donors (Lipinski definition) is 1. The van der Waals surface area contributed by atoms with Crippen molar-refractivity contribution in [2.75, 3.05) is 5.73 Å². The summed E-state index contributed by atoms with van der Waals surface area (Å²) in [6.07, 6.45) is 1.49. The summed E-state index contributed by atoms with van der Waals surface area (Å²) >= 11 is 0. The van der Waals surface area contributed by atoms with Crippen LogP contribution in [0.2, 0.25) is 0 Å². The van der Waals surface area contributed by atoms with Gasteiger partial charge in [-0.25, -0.2) is 14.4 Å². The third kappa shape index (κ3) is 1.81. The molecule has 2 rings (SSSR count). The lowest BCUT2D eigenvalue weighted by Gasteiger charge is -2.02. The zero-order valence-electron chi connectivity index (χ0n) is 8.18. The smallest absolute Gasteiger partial charge is 0.220 e. The lowest BCUT2D eigenvalue weighted by Crippen LogP contribution is -1.95. The lowest BCUT2D eigenvalue weighted by molar-refractivity contribution is 0.624. The molecule has 0 aliphatic heterocycles. The maximum atomic E-state index is 13.3. The van der Waals surface area contributed by atoms with Crippen molar-refractivity contribution in [1.82, 2.24) is 9.97 Å². The Hall–Kier alpha value is -2.48. The van der Waals surface area contributed by atoms with Gasteiger partial charge >= 0.3 is 0 Å². The van der Waals surface area contributed by atoms with E-state index >= 15 is 0 Å². The number of anilines is 1. The molecule has 0 spiro atoms. The average Bonchev–Trinajstić information content (AvgIpc) is 2.29. The number of benzene rings is 1. The molecule has 0 saturated heterocycles. The van der Waals surface area contributed by atoms with Gasteiger partial charge in [0.05, 0.1) is 11.3 Å². The normalized spacial score (nSPS) is 9.75. The molecule has 1 aromatic carbocycles. The van der Waals surface area contributed by atoms with Gasteiger partial charge in [0.1, 0.15) is 11.9 Å². The lowest BCUT2D eigenvalue weighted by atomic mass is 10.1. The van der Waals surface area contributed by atoms with Gasteiger partial charge in [-0.2, -0.15) is 5.26 Å². The molecule has 1 heterocycles. The van der Waals surface area contributed by atoms with Gasteiger partial charge in [-0.1, -0.05) is 6.07 Å². The van der Waals surface area contributed by atoms with Gasteiger partial charge in [-0.15, -0.1) is 0 Å². The second-order valence-corrected chi connectivity index (χ2v) is 3.11. The number of nitrogens with two attached hydrogens (primary N) is 1. The van der Waals surface area contributed by atoms with Crippen LogP contribution in [-0.4, -0.2) is 9.97 Å². The van der Waals surface area contributed by atoms with E-state index in [0.29, 0.717) is 11.3 Å². The minimum absolute atomic E-state index is 0.00535. The molecular formula is C11H7FN4. The maximum Gasteiger partial charge on any atom is 0.220 e. The zero-order valence-corrected chi connectivity index (χ0v) is 8.18. The van der Waals surface area contributed by atoms with Crippen LogP contribution >= 0.6 is 0 Å². The summed E-state index contributed by atoms with van der Waals surface area (Å²) in [5.41, 5.74) is 6.51. The Kier molecular flexibility index (Phi) is 2.48. The van der Waals surface area contributed by atoms with Crippen LogP contribution in [0.25, 0.3) is 11.3 Å². The Bertz CT molecular complexity index is 574. The summed E-state index contributed by atoms with van der Waals surface area (Å²) in [6.45, 7) is 0. The molecule has 5 heteroatoms. The molecule has 0 amide bonds. The van der Waals surface area contributed by atoms with Gasteiger partial charge < -0.3 is 5.73 Å². The van der Waals surface area contributed by atoms with Crippen LogP contribution in [0.4, 0.5) is 10.3 Å². The summed E-state index contributed by atoms with van der Waals surface area (Å²) in [6, 6.07) is 7.65. The summed E-state index contributed by atoms with van der Waals surface area (Å²) in [4.78, 5) is 7.70. The molecule has 0 aliphatic carbocycles. The first-order valence-electron chi connectivity index (χ1n) is 4.49. The van der Waals surface area contributed by atoms with Crippen molar-refractivity contribution in [3.05, 3.63) is 41.8 Å². The summed E-state index contributed by atoms with van der Waals surface area (Å²) in [7, 11) is 0. The predicted molar refractivity (Wildman–Crippen MR) is 56.6 cm³/mol. The molecule has 2 N–H and O–H groups in total. The highest BCUT2D eigenvalue weighted by molar-refractivity contribution is 5.61. The molecule has 1 aromatic heterocycles. The van der Waals surface area contributed by atoms with Crippen molar-refractivity contribution in [1.29, 1.82) is 5.26 Å². The zero-order chi connectivity index (χ0) is 11.5. The number of hydrogen-bond acceptors (Lipinski definition) is 4. The van der Waals surface area contributed by atoms with Crippen LogP contribution in [0.1, 0.15) is 5.56 Å². The van der Waals surface area contributed by atoms with Crippen LogP contribution in [0.3, 0.4) is 0 Å². The molecule has 78 valence electrons. The maximum absolute atomic E-state index is 13.3. The van der Waals surface area contributed by atoms with E-state index < -0.39 is 5.82 Å². The van der Waals surface area contributed by atoms with E-state index in [1.54, 1.807) is 18.2 Å². The Balaban J connectivity index is 2.50. The van der Waals surface area contributed by atoms with Gasteiger partial charge in [0.2, 0.25) is 5.95 Å². The third-order valence-corrected chi connectivity index (χ3v) is 2.06. The minimum Gasteiger partial charge on any atom is -0.368 e. The second-order valence-electron chi connectivity index (χ2n) is 3.11. The van der Waals surface area contributed by atoms with Crippen LogP contribution in [0, 0.1) is 17.1 Å². The Morgan fingerprint density at radius 2 is 2.12 bits per heavy atom. The SMILES string of the molecule is N#Cc1ccc(-c2ccnc(N)n2)cc1F. The van der Waals surface area contributed by atoms with E-state index in [1.165, 1.54) is 18.3 Å². The summed E-state index contributed by atoms with van der Waals surface area (Å²) in [5, 5.41) is 8.59. The van der Waals surface area contributed by atoms with Gasteiger partial charge in [0, 0.05) is 11.8 Å². The van der Waals surface area contributed by atoms with Crippen molar-refractivity contribution in [3.63, 3.8) is 0 Å². The monoisotopic (exact) mass is 214 g/mol. The molecule has 0 aliphatic rings. The highest BCUT2D eigenvalue weighted by atomic mass is 19.1. The van der Waals surface area contributed by atoms with Crippen LogP contribution in [0.5, 0.6) is 0 Å². The van der Waals surface area contributed by atoms with Crippen LogP contribution in [-0.2, 0) is 0 Å². The summed E-state index contributed by atoms with van der Waals surface area (Å²) in [5.74, 6) is -0.445. The minimum atomic E-state index is -0.572. The van der Waals surface area contributed by atoms with E-state index in [9.17, 15) is 4.39 Å². The molecule has 2 aromatic rings. The Labute approximate surface area is 91.2 Å². The number of rotatable bonds is 1. The quantitative estimate of drug-likeness (QED) is 0.784. The second kappa shape index (κ2) is 3.95. The largest absolute Gasteiger partial charge is 0.368 e. The van der Waals surface area contributed by atoms with E-state index in [2.05, 4.69) is 9.97 Å². The number of aromatic nitrogens is 2. The van der Waals surface area contributed by atoms with Crippen molar-refractivity contribution in [3.8, 4) is 17.3 Å². The van der Waals surface area contributed by atoms with Crippen LogP contribution in [0.15, 0.2) is 30.5 Å².